The molecule has 0 fully saturated rings. The molecular formula is C23H19N3O6S. The highest BCUT2D eigenvalue weighted by atomic mass is 32.2. The lowest BCUT2D eigenvalue weighted by molar-refractivity contribution is -0.384. The Morgan fingerprint density at radius 2 is 1.70 bits per heavy atom. The number of thioether (sulfide) groups is 1. The fraction of sp³-hybridized carbons (Fsp3) is 0.130. The Morgan fingerprint density at radius 3 is 2.45 bits per heavy atom. The third-order valence-electron chi connectivity index (χ3n) is 4.75. The van der Waals surface area contributed by atoms with Gasteiger partial charge in [-0.05, 0) is 49.4 Å². The predicted molar refractivity (Wildman–Crippen MR) is 124 cm³/mol. The van der Waals surface area contributed by atoms with E-state index in [1.54, 1.807) is 49.4 Å². The summed E-state index contributed by atoms with van der Waals surface area (Å²) in [5, 5.41) is 16.1. The minimum atomic E-state index is -0.549. The van der Waals surface area contributed by atoms with E-state index in [-0.39, 0.29) is 29.2 Å². The number of fused-ring (bicyclic) bond motifs is 1. The topological polar surface area (TPSA) is 120 Å². The van der Waals surface area contributed by atoms with Crippen LogP contribution in [0.15, 0.2) is 71.6 Å². The third-order valence-corrected chi connectivity index (χ3v) is 5.87. The van der Waals surface area contributed by atoms with Crippen LogP contribution in [0.5, 0.6) is 11.5 Å². The number of carbonyl (C=O) groups is 2. The summed E-state index contributed by atoms with van der Waals surface area (Å²) in [4.78, 5) is 36.1. The van der Waals surface area contributed by atoms with Gasteiger partial charge in [0.2, 0.25) is 12.7 Å². The van der Waals surface area contributed by atoms with Crippen molar-refractivity contribution in [2.45, 2.75) is 17.1 Å². The smallest absolute Gasteiger partial charge is 0.270 e. The van der Waals surface area contributed by atoms with Crippen LogP contribution in [0, 0.1) is 10.1 Å². The van der Waals surface area contributed by atoms with Crippen LogP contribution in [0.4, 0.5) is 17.1 Å². The van der Waals surface area contributed by atoms with Gasteiger partial charge in [0, 0.05) is 40.0 Å². The van der Waals surface area contributed by atoms with Gasteiger partial charge in [0.05, 0.1) is 10.2 Å². The highest BCUT2D eigenvalue weighted by Crippen LogP contribution is 2.34. The van der Waals surface area contributed by atoms with Crippen LogP contribution < -0.4 is 20.1 Å². The number of rotatable bonds is 7. The standard InChI is InChI=1S/C23H19N3O6S/c1-14(22(27)25-17-7-10-20-21(12-17)32-13-31-20)33-19-8-5-16(6-9-19)24-23(28)15-3-2-4-18(11-15)26(29)30/h2-12,14H,13H2,1H3,(H,24,28)(H,25,27). The number of ether oxygens (including phenoxy) is 2. The summed E-state index contributed by atoms with van der Waals surface area (Å²) in [5.41, 5.74) is 1.20. The molecule has 3 aromatic rings. The van der Waals surface area contributed by atoms with E-state index < -0.39 is 10.8 Å². The fourth-order valence-electron chi connectivity index (χ4n) is 3.06. The first kappa shape index (κ1) is 22.2. The highest BCUT2D eigenvalue weighted by Gasteiger charge is 2.18. The van der Waals surface area contributed by atoms with Gasteiger partial charge >= 0.3 is 0 Å². The van der Waals surface area contributed by atoms with Crippen LogP contribution in [0.1, 0.15) is 17.3 Å². The fourth-order valence-corrected chi connectivity index (χ4v) is 3.92. The van der Waals surface area contributed by atoms with Crippen LogP contribution in [-0.4, -0.2) is 28.8 Å². The van der Waals surface area contributed by atoms with Crippen LogP contribution in [-0.2, 0) is 4.79 Å². The minimum absolute atomic E-state index is 0.151. The Morgan fingerprint density at radius 1 is 0.970 bits per heavy atom. The Hall–Kier alpha value is -4.05. The van der Waals surface area contributed by atoms with Gasteiger partial charge < -0.3 is 20.1 Å². The van der Waals surface area contributed by atoms with Gasteiger partial charge in [0.15, 0.2) is 11.5 Å². The molecule has 9 nitrogen and oxygen atoms in total. The number of anilines is 2. The van der Waals surface area contributed by atoms with Gasteiger partial charge in [0.25, 0.3) is 11.6 Å². The maximum absolute atomic E-state index is 12.6. The van der Waals surface area contributed by atoms with Gasteiger partial charge in [-0.1, -0.05) is 6.07 Å². The molecule has 1 aliphatic heterocycles. The van der Waals surface area contributed by atoms with E-state index in [1.165, 1.54) is 36.0 Å². The molecule has 1 atom stereocenters. The van der Waals surface area contributed by atoms with Crippen LogP contribution in [0.2, 0.25) is 0 Å². The zero-order chi connectivity index (χ0) is 23.4. The Bertz CT molecular complexity index is 1220. The molecular weight excluding hydrogens is 446 g/mol. The van der Waals surface area contributed by atoms with Gasteiger partial charge in [0.1, 0.15) is 0 Å². The number of nitrogens with zero attached hydrogens (tertiary/aromatic N) is 1. The second kappa shape index (κ2) is 9.61. The van der Waals surface area contributed by atoms with E-state index in [0.717, 1.165) is 4.90 Å². The molecule has 168 valence electrons. The van der Waals surface area contributed by atoms with E-state index in [4.69, 9.17) is 9.47 Å². The van der Waals surface area contributed by atoms with E-state index in [0.29, 0.717) is 22.9 Å². The first-order valence-corrected chi connectivity index (χ1v) is 10.8. The molecule has 2 N–H and O–H groups in total. The zero-order valence-electron chi connectivity index (χ0n) is 17.4. The van der Waals surface area contributed by atoms with Crippen LogP contribution in [0.25, 0.3) is 0 Å². The molecule has 0 spiro atoms. The van der Waals surface area contributed by atoms with Crippen molar-refractivity contribution in [3.05, 3.63) is 82.4 Å². The second-order valence-electron chi connectivity index (χ2n) is 7.10. The summed E-state index contributed by atoms with van der Waals surface area (Å²) in [6, 6.07) is 17.7. The molecule has 0 saturated carbocycles. The molecule has 2 amide bonds. The molecule has 1 aliphatic rings. The van der Waals surface area contributed by atoms with Gasteiger partial charge in [-0.2, -0.15) is 0 Å². The average Bonchev–Trinajstić information content (AvgIpc) is 3.28. The lowest BCUT2D eigenvalue weighted by atomic mass is 10.2. The summed E-state index contributed by atoms with van der Waals surface area (Å²) >= 11 is 1.37. The molecule has 1 heterocycles. The quantitative estimate of drug-likeness (QED) is 0.295. The van der Waals surface area contributed by atoms with E-state index in [2.05, 4.69) is 10.6 Å². The third kappa shape index (κ3) is 5.42. The predicted octanol–water partition coefficient (Wildman–Crippen LogP) is 4.70. The summed E-state index contributed by atoms with van der Waals surface area (Å²) < 4.78 is 10.6. The lowest BCUT2D eigenvalue weighted by Gasteiger charge is -2.13. The Balaban J connectivity index is 1.33. The molecule has 3 aromatic carbocycles. The van der Waals surface area contributed by atoms with Gasteiger partial charge in [-0.3, -0.25) is 19.7 Å². The van der Waals surface area contributed by atoms with Crippen molar-refractivity contribution in [2.24, 2.45) is 0 Å². The van der Waals surface area contributed by atoms with E-state index >= 15 is 0 Å². The van der Waals surface area contributed by atoms with Crippen LogP contribution >= 0.6 is 11.8 Å². The molecule has 0 saturated heterocycles. The van der Waals surface area contributed by atoms with Crippen molar-refractivity contribution in [2.75, 3.05) is 17.4 Å². The van der Waals surface area contributed by atoms with Crippen molar-refractivity contribution < 1.29 is 24.0 Å². The van der Waals surface area contributed by atoms with Gasteiger partial charge in [-0.15, -0.1) is 11.8 Å². The molecule has 0 bridgehead atoms. The zero-order valence-corrected chi connectivity index (χ0v) is 18.3. The Labute approximate surface area is 193 Å². The normalized spacial score (nSPS) is 12.6. The lowest BCUT2D eigenvalue weighted by Crippen LogP contribution is -2.22. The number of benzene rings is 3. The van der Waals surface area contributed by atoms with Crippen molar-refractivity contribution in [3.63, 3.8) is 0 Å². The van der Waals surface area contributed by atoms with Crippen LogP contribution in [0.3, 0.4) is 0 Å². The highest BCUT2D eigenvalue weighted by molar-refractivity contribution is 8.00. The first-order valence-electron chi connectivity index (χ1n) is 9.92. The number of carbonyl (C=O) groups excluding carboxylic acids is 2. The van der Waals surface area contributed by atoms with Crippen molar-refractivity contribution in [1.29, 1.82) is 0 Å². The molecule has 10 heteroatoms. The SMILES string of the molecule is CC(Sc1ccc(NC(=O)c2cccc([N+](=O)[O-])c2)cc1)C(=O)Nc1ccc2c(c1)OCO2. The van der Waals surface area contributed by atoms with E-state index in [1.807, 2.05) is 0 Å². The largest absolute Gasteiger partial charge is 0.454 e. The van der Waals surface area contributed by atoms with E-state index in [9.17, 15) is 19.7 Å². The minimum Gasteiger partial charge on any atom is -0.454 e. The number of nitro groups is 1. The van der Waals surface area contributed by atoms with Crippen molar-refractivity contribution in [1.82, 2.24) is 0 Å². The summed E-state index contributed by atoms with van der Waals surface area (Å²) in [7, 11) is 0. The summed E-state index contributed by atoms with van der Waals surface area (Å²) in [5.74, 6) is 0.626. The van der Waals surface area contributed by atoms with Crippen molar-refractivity contribution >= 4 is 40.6 Å². The molecule has 33 heavy (non-hydrogen) atoms. The molecule has 0 radical (unpaired) electrons. The second-order valence-corrected chi connectivity index (χ2v) is 8.52. The summed E-state index contributed by atoms with van der Waals surface area (Å²) in [6.07, 6.45) is 0. The number of non-ortho nitro benzene ring substituents is 1. The number of amides is 2. The molecule has 0 aliphatic carbocycles. The maximum atomic E-state index is 12.6. The van der Waals surface area contributed by atoms with Crippen molar-refractivity contribution in [3.8, 4) is 11.5 Å². The molecule has 1 unspecified atom stereocenters. The maximum Gasteiger partial charge on any atom is 0.270 e. The average molecular weight is 465 g/mol. The number of hydrogen-bond acceptors (Lipinski definition) is 7. The molecule has 0 aromatic heterocycles. The van der Waals surface area contributed by atoms with Gasteiger partial charge in [-0.25, -0.2) is 0 Å². The number of nitro benzene ring substituents is 1. The molecule has 4 rings (SSSR count). The monoisotopic (exact) mass is 465 g/mol. The Kier molecular flexibility index (Phi) is 6.45. The first-order chi connectivity index (χ1) is 15.9. The summed E-state index contributed by atoms with van der Waals surface area (Å²) in [6.45, 7) is 1.96. The number of hydrogen-bond donors (Lipinski definition) is 2. The number of nitrogens with one attached hydrogen (secondary N) is 2.